The molecule has 0 spiro atoms. The van der Waals surface area contributed by atoms with Gasteiger partial charge in [0, 0.05) is 5.69 Å². The van der Waals surface area contributed by atoms with Gasteiger partial charge in [-0.05, 0) is 48.5 Å². The lowest BCUT2D eigenvalue weighted by Gasteiger charge is -2.14. The molecule has 168 valence electrons. The molecule has 32 heavy (non-hydrogen) atoms. The molecule has 1 aliphatic heterocycles. The van der Waals surface area contributed by atoms with Crippen molar-refractivity contribution in [2.75, 3.05) is 10.2 Å². The van der Waals surface area contributed by atoms with E-state index >= 15 is 0 Å². The first-order valence-electron chi connectivity index (χ1n) is 8.57. The molecule has 2 aromatic carbocycles. The molecular formula is C17H16N6O7S2. The maximum atomic E-state index is 12.9. The third kappa shape index (κ3) is 4.35. The van der Waals surface area contributed by atoms with Gasteiger partial charge in [-0.15, -0.1) is 0 Å². The van der Waals surface area contributed by atoms with Crippen molar-refractivity contribution >= 4 is 54.9 Å². The number of benzene rings is 2. The third-order valence-electron chi connectivity index (χ3n) is 4.44. The van der Waals surface area contributed by atoms with E-state index in [4.69, 9.17) is 16.1 Å². The zero-order valence-corrected chi connectivity index (χ0v) is 17.6. The Balaban J connectivity index is 1.88. The molecule has 1 heterocycles. The fourth-order valence-electron chi connectivity index (χ4n) is 2.92. The first-order valence-corrected chi connectivity index (χ1v) is 11.7. The van der Waals surface area contributed by atoms with Crippen LogP contribution < -0.4 is 26.3 Å². The summed E-state index contributed by atoms with van der Waals surface area (Å²) in [6, 6.07) is 9.26. The van der Waals surface area contributed by atoms with Gasteiger partial charge in [-0.25, -0.2) is 32.0 Å². The molecule has 1 saturated heterocycles. The molecule has 0 aromatic heterocycles. The minimum atomic E-state index is -4.00. The average molecular weight is 480 g/mol. The van der Waals surface area contributed by atoms with Crippen LogP contribution in [0.3, 0.4) is 0 Å². The molecule has 3 amide bonds. The quantitative estimate of drug-likeness (QED) is 0.169. The van der Waals surface area contributed by atoms with Crippen molar-refractivity contribution in [3.05, 3.63) is 48.5 Å². The van der Waals surface area contributed by atoms with Gasteiger partial charge in [0.05, 0.1) is 15.5 Å². The highest BCUT2D eigenvalue weighted by Gasteiger charge is 2.49. The van der Waals surface area contributed by atoms with Crippen molar-refractivity contribution in [2.45, 2.75) is 9.79 Å². The molecule has 0 bridgehead atoms. The van der Waals surface area contributed by atoms with Crippen LogP contribution >= 0.6 is 0 Å². The van der Waals surface area contributed by atoms with Gasteiger partial charge in [0.1, 0.15) is 5.71 Å². The molecule has 0 unspecified atom stereocenters. The zero-order valence-electron chi connectivity index (χ0n) is 16.0. The van der Waals surface area contributed by atoms with E-state index in [0.29, 0.717) is 4.90 Å². The lowest BCUT2D eigenvalue weighted by atomic mass is 10.1. The van der Waals surface area contributed by atoms with E-state index in [9.17, 15) is 31.2 Å². The Labute approximate surface area is 182 Å². The van der Waals surface area contributed by atoms with Gasteiger partial charge in [0.15, 0.2) is 5.92 Å². The molecule has 7 N–H and O–H groups in total. The molecule has 0 saturated carbocycles. The van der Waals surface area contributed by atoms with Gasteiger partial charge < -0.3 is 11.2 Å². The van der Waals surface area contributed by atoms with E-state index < -0.39 is 49.4 Å². The Morgan fingerprint density at radius 2 is 1.34 bits per heavy atom. The smallest absolute Gasteiger partial charge is 0.282 e. The Morgan fingerprint density at radius 1 is 0.875 bits per heavy atom. The van der Waals surface area contributed by atoms with E-state index in [1.807, 2.05) is 0 Å². The maximum Gasteiger partial charge on any atom is 0.282 e. The van der Waals surface area contributed by atoms with Crippen LogP contribution in [0.25, 0.3) is 0 Å². The first-order chi connectivity index (χ1) is 14.8. The second kappa shape index (κ2) is 8.12. The number of carbonyl (C=O) groups is 3. The van der Waals surface area contributed by atoms with E-state index in [2.05, 4.69) is 10.4 Å². The minimum absolute atomic E-state index is 0.0265. The number of sulfonamides is 2. The molecule has 15 heteroatoms. The van der Waals surface area contributed by atoms with Gasteiger partial charge >= 0.3 is 0 Å². The molecule has 3 rings (SSSR count). The number of rotatable bonds is 5. The second-order valence-electron chi connectivity index (χ2n) is 6.52. The number of carbonyl (C=O) groups excluding carboxylic acids is 3. The molecule has 1 atom stereocenters. The highest BCUT2D eigenvalue weighted by atomic mass is 32.2. The number of nitrogens with zero attached hydrogens (tertiary/aromatic N) is 2. The largest absolute Gasteiger partial charge is 0.325 e. The summed E-state index contributed by atoms with van der Waals surface area (Å²) in [6.07, 6.45) is 0. The monoisotopic (exact) mass is 480 g/mol. The van der Waals surface area contributed by atoms with E-state index in [-0.39, 0.29) is 21.2 Å². The maximum absolute atomic E-state index is 12.9. The number of amides is 3. The molecule has 2 aromatic rings. The predicted molar refractivity (Wildman–Crippen MR) is 112 cm³/mol. The topological polar surface area (TPSA) is 225 Å². The number of primary sulfonamides is 2. The van der Waals surface area contributed by atoms with Gasteiger partial charge in [-0.2, -0.15) is 5.10 Å². The Morgan fingerprint density at radius 3 is 1.78 bits per heavy atom. The summed E-state index contributed by atoms with van der Waals surface area (Å²) in [5.41, 5.74) is -0.444. The van der Waals surface area contributed by atoms with Gasteiger partial charge in [-0.1, -0.05) is 0 Å². The summed E-state index contributed by atoms with van der Waals surface area (Å²) < 4.78 is 45.4. The van der Waals surface area contributed by atoms with E-state index in [0.717, 1.165) is 36.4 Å². The molecule has 1 aliphatic rings. The number of anilines is 2. The third-order valence-corrected chi connectivity index (χ3v) is 6.30. The number of hydrogen-bond acceptors (Lipinski definition) is 9. The summed E-state index contributed by atoms with van der Waals surface area (Å²) in [5, 5.41) is 15.7. The van der Waals surface area contributed by atoms with Crippen molar-refractivity contribution in [2.24, 2.45) is 27.1 Å². The van der Waals surface area contributed by atoms with E-state index in [1.54, 1.807) is 0 Å². The first kappa shape index (κ1) is 23.0. The van der Waals surface area contributed by atoms with Crippen LogP contribution in [-0.4, -0.2) is 40.3 Å². The number of nitrogens with two attached hydrogens (primary N) is 3. The highest BCUT2D eigenvalue weighted by Crippen LogP contribution is 2.27. The van der Waals surface area contributed by atoms with E-state index in [1.165, 1.54) is 12.1 Å². The standard InChI is InChI=1S/C17H16N6O7S2/c18-22-14-13(15(24)21-9-1-5-11(6-2-9)31(19,27)28)16(25)23(17(14)26)10-3-7-12(8-4-10)32(20,29)30/h1-8,13H,18H2,(H,21,24)(H2,19,27,28)(H2,20,29,30)/b22-14+/t13-/m0/s1. The SMILES string of the molecule is N/N=C1/C(=O)N(c2ccc(S(N)(=O)=O)cc2)C(=O)[C@@H]1C(=O)Nc1ccc(S(N)(=O)=O)cc1. The van der Waals surface area contributed by atoms with Crippen LogP contribution in [0, 0.1) is 5.92 Å². The molecule has 0 radical (unpaired) electrons. The summed E-state index contributed by atoms with van der Waals surface area (Å²) in [7, 11) is -7.94. The average Bonchev–Trinajstić information content (AvgIpc) is 2.96. The Bertz CT molecular complexity index is 1350. The number of imide groups is 1. The van der Waals surface area contributed by atoms with Crippen LogP contribution in [0.1, 0.15) is 0 Å². The fraction of sp³-hybridized carbons (Fsp3) is 0.0588. The minimum Gasteiger partial charge on any atom is -0.325 e. The number of hydrazone groups is 1. The number of hydrogen-bond donors (Lipinski definition) is 4. The van der Waals surface area contributed by atoms with Crippen molar-refractivity contribution < 1.29 is 31.2 Å². The normalized spacial score (nSPS) is 18.2. The molecule has 0 aliphatic carbocycles. The van der Waals surface area contributed by atoms with Gasteiger partial charge in [0.25, 0.3) is 11.8 Å². The summed E-state index contributed by atoms with van der Waals surface area (Å²) in [6.45, 7) is 0. The predicted octanol–water partition coefficient (Wildman–Crippen LogP) is -1.58. The van der Waals surface area contributed by atoms with Crippen LogP contribution in [0.15, 0.2) is 63.4 Å². The van der Waals surface area contributed by atoms with Crippen LogP contribution in [0.4, 0.5) is 11.4 Å². The van der Waals surface area contributed by atoms with Crippen molar-refractivity contribution in [1.82, 2.24) is 0 Å². The zero-order chi connectivity index (χ0) is 23.8. The van der Waals surface area contributed by atoms with Gasteiger partial charge in [-0.3, -0.25) is 14.4 Å². The van der Waals surface area contributed by atoms with Crippen molar-refractivity contribution in [1.29, 1.82) is 0 Å². The number of nitrogens with one attached hydrogen (secondary N) is 1. The lowest BCUT2D eigenvalue weighted by molar-refractivity contribution is -0.127. The van der Waals surface area contributed by atoms with Crippen molar-refractivity contribution in [3.8, 4) is 0 Å². The van der Waals surface area contributed by atoms with Crippen molar-refractivity contribution in [3.63, 3.8) is 0 Å². The van der Waals surface area contributed by atoms with Crippen LogP contribution in [0.5, 0.6) is 0 Å². The fourth-order valence-corrected chi connectivity index (χ4v) is 3.95. The molecule has 1 fully saturated rings. The summed E-state index contributed by atoms with van der Waals surface area (Å²) in [5.74, 6) is 0.655. The van der Waals surface area contributed by atoms with Crippen LogP contribution in [-0.2, 0) is 34.4 Å². The Kier molecular flexibility index (Phi) is 5.84. The Hall–Kier alpha value is -3.66. The second-order valence-corrected chi connectivity index (χ2v) is 9.65. The highest BCUT2D eigenvalue weighted by molar-refractivity contribution is 7.89. The molecule has 13 nitrogen and oxygen atoms in total. The summed E-state index contributed by atoms with van der Waals surface area (Å²) in [4.78, 5) is 38.4. The van der Waals surface area contributed by atoms with Gasteiger partial charge in [0.2, 0.25) is 26.0 Å². The molecular weight excluding hydrogens is 464 g/mol. The van der Waals surface area contributed by atoms with Crippen LogP contribution in [0.2, 0.25) is 0 Å². The lowest BCUT2D eigenvalue weighted by Crippen LogP contribution is -2.35. The summed E-state index contributed by atoms with van der Waals surface area (Å²) >= 11 is 0.